The SMILES string of the molecule is O=C(CN1CCN(S(=O)(=O)c2ccc(OC(F)(F)F)cc2)CC1)c1cccs1. The molecule has 3 rings (SSSR count). The van der Waals surface area contributed by atoms with Crippen LogP contribution in [0.25, 0.3) is 0 Å². The Kier molecular flexibility index (Phi) is 6.08. The number of halogens is 3. The second-order valence-corrected chi connectivity index (χ2v) is 8.99. The van der Waals surface area contributed by atoms with Crippen LogP contribution >= 0.6 is 11.3 Å². The summed E-state index contributed by atoms with van der Waals surface area (Å²) in [6, 6.07) is 7.66. The van der Waals surface area contributed by atoms with Crippen molar-refractivity contribution in [3.05, 3.63) is 46.7 Å². The first-order valence-corrected chi connectivity index (χ1v) is 10.6. The Morgan fingerprint density at radius 3 is 2.25 bits per heavy atom. The quantitative estimate of drug-likeness (QED) is 0.654. The molecule has 1 aromatic carbocycles. The molecule has 1 aliphatic heterocycles. The molecule has 0 amide bonds. The summed E-state index contributed by atoms with van der Waals surface area (Å²) in [6.07, 6.45) is -4.84. The molecule has 6 nitrogen and oxygen atoms in total. The average Bonchev–Trinajstić information content (AvgIpc) is 3.16. The molecule has 0 atom stereocenters. The molecule has 0 spiro atoms. The standard InChI is InChI=1S/C17H17F3N2O4S2/c18-17(19,20)26-13-3-5-14(6-4-13)28(24,25)22-9-7-21(8-10-22)12-15(23)16-2-1-11-27-16/h1-6,11H,7-10,12H2. The van der Waals surface area contributed by atoms with Crippen LogP contribution in [0.15, 0.2) is 46.7 Å². The van der Waals surface area contributed by atoms with Gasteiger partial charge < -0.3 is 4.74 Å². The molecule has 1 aromatic heterocycles. The van der Waals surface area contributed by atoms with Crippen molar-refractivity contribution < 1.29 is 31.1 Å². The van der Waals surface area contributed by atoms with Gasteiger partial charge in [0.2, 0.25) is 10.0 Å². The van der Waals surface area contributed by atoms with Crippen LogP contribution < -0.4 is 4.74 Å². The van der Waals surface area contributed by atoms with Gasteiger partial charge in [-0.15, -0.1) is 24.5 Å². The number of rotatable bonds is 6. The normalized spacial score (nSPS) is 16.8. The highest BCUT2D eigenvalue weighted by atomic mass is 32.2. The molecule has 1 aliphatic rings. The number of ether oxygens (including phenoxy) is 1. The number of Topliss-reactive ketones (excluding diaryl/α,β-unsaturated/α-hetero) is 1. The predicted octanol–water partition coefficient (Wildman–Crippen LogP) is 2.84. The van der Waals surface area contributed by atoms with E-state index in [-0.39, 0.29) is 30.3 Å². The highest BCUT2D eigenvalue weighted by Gasteiger charge is 2.32. The van der Waals surface area contributed by atoms with E-state index in [9.17, 15) is 26.4 Å². The van der Waals surface area contributed by atoms with Gasteiger partial charge >= 0.3 is 6.36 Å². The van der Waals surface area contributed by atoms with Crippen LogP contribution in [0.1, 0.15) is 9.67 Å². The minimum absolute atomic E-state index is 0.00781. The highest BCUT2D eigenvalue weighted by Crippen LogP contribution is 2.25. The second-order valence-electron chi connectivity index (χ2n) is 6.10. The number of alkyl halides is 3. The number of thiophene rings is 1. The van der Waals surface area contributed by atoms with Gasteiger partial charge in [0.05, 0.1) is 16.3 Å². The van der Waals surface area contributed by atoms with E-state index < -0.39 is 22.1 Å². The first kappa shape index (κ1) is 20.8. The molecule has 11 heteroatoms. The van der Waals surface area contributed by atoms with Gasteiger partial charge in [0.1, 0.15) is 5.75 Å². The van der Waals surface area contributed by atoms with Crippen molar-refractivity contribution >= 4 is 27.1 Å². The van der Waals surface area contributed by atoms with Crippen LogP contribution in [0.5, 0.6) is 5.75 Å². The Hall–Kier alpha value is -1.95. The van der Waals surface area contributed by atoms with Crippen molar-refractivity contribution in [1.82, 2.24) is 9.21 Å². The molecule has 0 radical (unpaired) electrons. The van der Waals surface area contributed by atoms with Crippen LogP contribution in [-0.2, 0) is 10.0 Å². The molecular formula is C17H17F3N2O4S2. The number of benzene rings is 1. The van der Waals surface area contributed by atoms with E-state index in [2.05, 4.69) is 4.74 Å². The lowest BCUT2D eigenvalue weighted by atomic mass is 10.2. The Labute approximate surface area is 164 Å². The van der Waals surface area contributed by atoms with Crippen molar-refractivity contribution in [3.8, 4) is 5.75 Å². The summed E-state index contributed by atoms with van der Waals surface area (Å²) in [5.74, 6) is -0.491. The van der Waals surface area contributed by atoms with Crippen molar-refractivity contribution in [2.45, 2.75) is 11.3 Å². The Bertz CT molecular complexity index is 905. The number of nitrogens with zero attached hydrogens (tertiary/aromatic N) is 2. The van der Waals surface area contributed by atoms with E-state index in [1.807, 2.05) is 10.3 Å². The number of sulfonamides is 1. The van der Waals surface area contributed by atoms with Crippen LogP contribution in [-0.4, -0.2) is 62.5 Å². The lowest BCUT2D eigenvalue weighted by Crippen LogP contribution is -2.49. The van der Waals surface area contributed by atoms with E-state index in [1.165, 1.54) is 15.6 Å². The molecule has 28 heavy (non-hydrogen) atoms. The minimum atomic E-state index is -4.84. The van der Waals surface area contributed by atoms with Gasteiger partial charge in [-0.3, -0.25) is 9.69 Å². The molecule has 0 N–H and O–H groups in total. The van der Waals surface area contributed by atoms with E-state index in [0.29, 0.717) is 18.0 Å². The van der Waals surface area contributed by atoms with Gasteiger partial charge in [0, 0.05) is 26.2 Å². The maximum absolute atomic E-state index is 12.7. The zero-order valence-electron chi connectivity index (χ0n) is 14.6. The molecular weight excluding hydrogens is 417 g/mol. The molecule has 0 aliphatic carbocycles. The van der Waals surface area contributed by atoms with Crippen molar-refractivity contribution in [2.24, 2.45) is 0 Å². The Balaban J connectivity index is 1.59. The van der Waals surface area contributed by atoms with E-state index in [1.54, 1.807) is 12.1 Å². The second kappa shape index (κ2) is 8.19. The molecule has 1 fully saturated rings. The van der Waals surface area contributed by atoms with Gasteiger partial charge in [-0.1, -0.05) is 6.07 Å². The van der Waals surface area contributed by atoms with Gasteiger partial charge in [-0.05, 0) is 35.7 Å². The molecule has 0 bridgehead atoms. The van der Waals surface area contributed by atoms with E-state index >= 15 is 0 Å². The van der Waals surface area contributed by atoms with Crippen LogP contribution in [0.4, 0.5) is 13.2 Å². The number of carbonyl (C=O) groups is 1. The predicted molar refractivity (Wildman–Crippen MR) is 97.0 cm³/mol. The van der Waals surface area contributed by atoms with E-state index in [0.717, 1.165) is 24.3 Å². The van der Waals surface area contributed by atoms with Gasteiger partial charge in [0.25, 0.3) is 0 Å². The summed E-state index contributed by atoms with van der Waals surface area (Å²) in [5.41, 5.74) is 0. The van der Waals surface area contributed by atoms with Crippen molar-refractivity contribution in [2.75, 3.05) is 32.7 Å². The number of hydrogen-bond donors (Lipinski definition) is 0. The Morgan fingerprint density at radius 2 is 1.71 bits per heavy atom. The number of piperazine rings is 1. The maximum Gasteiger partial charge on any atom is 0.573 e. The molecule has 2 heterocycles. The fraction of sp³-hybridized carbons (Fsp3) is 0.353. The molecule has 0 saturated carbocycles. The number of carbonyl (C=O) groups excluding carboxylic acids is 1. The maximum atomic E-state index is 12.7. The first-order valence-electron chi connectivity index (χ1n) is 8.30. The fourth-order valence-electron chi connectivity index (χ4n) is 2.81. The lowest BCUT2D eigenvalue weighted by molar-refractivity contribution is -0.274. The minimum Gasteiger partial charge on any atom is -0.406 e. The smallest absolute Gasteiger partial charge is 0.406 e. The summed E-state index contributed by atoms with van der Waals surface area (Å²) in [5, 5.41) is 1.82. The van der Waals surface area contributed by atoms with Gasteiger partial charge in [0.15, 0.2) is 5.78 Å². The van der Waals surface area contributed by atoms with Crippen LogP contribution in [0, 0.1) is 0 Å². The summed E-state index contributed by atoms with van der Waals surface area (Å²) >= 11 is 1.36. The van der Waals surface area contributed by atoms with Crippen LogP contribution in [0.2, 0.25) is 0 Å². The van der Waals surface area contributed by atoms with Gasteiger partial charge in [-0.25, -0.2) is 8.42 Å². The Morgan fingerprint density at radius 1 is 1.07 bits per heavy atom. The first-order chi connectivity index (χ1) is 13.1. The zero-order valence-corrected chi connectivity index (χ0v) is 16.2. The summed E-state index contributed by atoms with van der Waals surface area (Å²) in [7, 11) is -3.83. The third kappa shape index (κ3) is 5.10. The molecule has 152 valence electrons. The molecule has 0 unspecified atom stereocenters. The largest absolute Gasteiger partial charge is 0.573 e. The number of ketones is 1. The third-order valence-electron chi connectivity index (χ3n) is 4.19. The number of hydrogen-bond acceptors (Lipinski definition) is 6. The summed E-state index contributed by atoms with van der Waals surface area (Å²) in [6.45, 7) is 1.40. The fourth-order valence-corrected chi connectivity index (χ4v) is 4.89. The average molecular weight is 434 g/mol. The highest BCUT2D eigenvalue weighted by molar-refractivity contribution is 7.89. The molecule has 2 aromatic rings. The summed E-state index contributed by atoms with van der Waals surface area (Å²) < 4.78 is 67.0. The monoisotopic (exact) mass is 434 g/mol. The summed E-state index contributed by atoms with van der Waals surface area (Å²) in [4.78, 5) is 14.6. The van der Waals surface area contributed by atoms with E-state index in [4.69, 9.17) is 0 Å². The van der Waals surface area contributed by atoms with Crippen LogP contribution in [0.3, 0.4) is 0 Å². The zero-order chi connectivity index (χ0) is 20.4. The van der Waals surface area contributed by atoms with Gasteiger partial charge in [-0.2, -0.15) is 4.31 Å². The van der Waals surface area contributed by atoms with Crippen molar-refractivity contribution in [3.63, 3.8) is 0 Å². The third-order valence-corrected chi connectivity index (χ3v) is 7.01. The molecule has 1 saturated heterocycles. The van der Waals surface area contributed by atoms with Crippen molar-refractivity contribution in [1.29, 1.82) is 0 Å². The topological polar surface area (TPSA) is 66.9 Å². The lowest BCUT2D eigenvalue weighted by Gasteiger charge is -2.33.